The molecule has 134 valence electrons. The first kappa shape index (κ1) is 18.5. The highest BCUT2D eigenvalue weighted by Gasteiger charge is 2.37. The molecular weight excluding hydrogens is 323 g/mol. The van der Waals surface area contributed by atoms with Crippen molar-refractivity contribution in [1.29, 1.82) is 0 Å². The average Bonchev–Trinajstić information content (AvgIpc) is 2.89. The van der Waals surface area contributed by atoms with Gasteiger partial charge in [0, 0.05) is 24.8 Å². The number of amides is 1. The average molecular weight is 345 g/mol. The van der Waals surface area contributed by atoms with E-state index < -0.39 is 23.0 Å². The molecule has 1 amide bonds. The van der Waals surface area contributed by atoms with Gasteiger partial charge >= 0.3 is 6.18 Å². The highest BCUT2D eigenvalue weighted by Crippen LogP contribution is 2.35. The lowest BCUT2D eigenvalue weighted by molar-refractivity contribution is -0.139. The van der Waals surface area contributed by atoms with Crippen LogP contribution in [0.1, 0.15) is 32.8 Å². The normalized spacial score (nSPS) is 21.6. The molecule has 5 nitrogen and oxygen atoms in total. The maximum absolute atomic E-state index is 12.9. The van der Waals surface area contributed by atoms with E-state index in [2.05, 4.69) is 15.6 Å². The number of aromatic nitrogens is 1. The van der Waals surface area contributed by atoms with Crippen LogP contribution >= 0.6 is 0 Å². The number of nitrogens with zero attached hydrogens (tertiary/aromatic N) is 1. The van der Waals surface area contributed by atoms with Crippen molar-refractivity contribution >= 4 is 5.91 Å². The molecular formula is C16H22F3N3O2. The number of hydrogen-bond acceptors (Lipinski definition) is 4. The van der Waals surface area contributed by atoms with Crippen LogP contribution in [0.3, 0.4) is 0 Å². The van der Waals surface area contributed by atoms with Crippen LogP contribution in [0.15, 0.2) is 18.3 Å². The molecule has 1 aromatic heterocycles. The molecule has 1 fully saturated rings. The highest BCUT2D eigenvalue weighted by atomic mass is 19.4. The van der Waals surface area contributed by atoms with E-state index in [0.29, 0.717) is 12.6 Å². The summed E-state index contributed by atoms with van der Waals surface area (Å²) in [7, 11) is 0. The zero-order valence-electron chi connectivity index (χ0n) is 13.9. The Kier molecular flexibility index (Phi) is 5.37. The number of ether oxygens (including phenoxy) is 1. The van der Waals surface area contributed by atoms with Crippen LogP contribution in [-0.2, 0) is 11.0 Å². The lowest BCUT2D eigenvalue weighted by atomic mass is 9.93. The largest absolute Gasteiger partial charge is 0.476 e. The van der Waals surface area contributed by atoms with Gasteiger partial charge in [-0.2, -0.15) is 13.2 Å². The molecule has 1 aliphatic heterocycles. The molecule has 0 bridgehead atoms. The Morgan fingerprint density at radius 3 is 2.75 bits per heavy atom. The van der Waals surface area contributed by atoms with Gasteiger partial charge in [0.2, 0.25) is 11.8 Å². The van der Waals surface area contributed by atoms with Gasteiger partial charge in [-0.05, 0) is 39.3 Å². The Morgan fingerprint density at radius 1 is 1.46 bits per heavy atom. The molecule has 2 rings (SSSR count). The van der Waals surface area contributed by atoms with Gasteiger partial charge in [-0.25, -0.2) is 4.98 Å². The number of nitrogens with one attached hydrogen (secondary N) is 2. The minimum atomic E-state index is -4.55. The molecule has 8 heteroatoms. The van der Waals surface area contributed by atoms with Crippen molar-refractivity contribution in [2.24, 2.45) is 5.41 Å². The van der Waals surface area contributed by atoms with Crippen LogP contribution in [0.25, 0.3) is 0 Å². The number of pyridine rings is 1. The fraction of sp³-hybridized carbons (Fsp3) is 0.625. The molecule has 2 heterocycles. The second-order valence-corrected chi connectivity index (χ2v) is 6.74. The smallest absolute Gasteiger partial charge is 0.421 e. The van der Waals surface area contributed by atoms with Gasteiger partial charge in [0.15, 0.2) is 0 Å². The Morgan fingerprint density at radius 2 is 2.17 bits per heavy atom. The van der Waals surface area contributed by atoms with E-state index in [-0.39, 0.29) is 18.6 Å². The fourth-order valence-corrected chi connectivity index (χ4v) is 2.46. The van der Waals surface area contributed by atoms with E-state index in [1.807, 2.05) is 6.92 Å². The van der Waals surface area contributed by atoms with Crippen LogP contribution in [0.4, 0.5) is 13.2 Å². The first-order chi connectivity index (χ1) is 11.1. The minimum Gasteiger partial charge on any atom is -0.476 e. The SMILES string of the molecule is CC1CC(NC(=O)C(C)(C)COc2ncccc2C(F)(F)F)CN1. The summed E-state index contributed by atoms with van der Waals surface area (Å²) in [6, 6.07) is 2.45. The lowest BCUT2D eigenvalue weighted by Crippen LogP contribution is -2.46. The van der Waals surface area contributed by atoms with Crippen molar-refractivity contribution < 1.29 is 22.7 Å². The molecule has 2 atom stereocenters. The molecule has 1 saturated heterocycles. The molecule has 24 heavy (non-hydrogen) atoms. The molecule has 0 aliphatic carbocycles. The van der Waals surface area contributed by atoms with Gasteiger partial charge in [0.1, 0.15) is 12.2 Å². The molecule has 2 N–H and O–H groups in total. The van der Waals surface area contributed by atoms with Crippen molar-refractivity contribution in [3.8, 4) is 5.88 Å². The van der Waals surface area contributed by atoms with Crippen molar-refractivity contribution in [2.45, 2.75) is 45.5 Å². The standard InChI is InChI=1S/C16H22F3N3O2/c1-10-7-11(8-21-10)22-14(23)15(2,3)9-24-13-12(16(17,18)19)5-4-6-20-13/h4-6,10-11,21H,7-9H2,1-3H3,(H,22,23). The van der Waals surface area contributed by atoms with Crippen LogP contribution in [-0.4, -0.2) is 36.1 Å². The summed E-state index contributed by atoms with van der Waals surface area (Å²) in [6.07, 6.45) is -2.51. The number of carbonyl (C=O) groups excluding carboxylic acids is 1. The van der Waals surface area contributed by atoms with E-state index >= 15 is 0 Å². The molecule has 0 saturated carbocycles. The maximum Gasteiger partial charge on any atom is 0.421 e. The third-order valence-corrected chi connectivity index (χ3v) is 3.95. The summed E-state index contributed by atoms with van der Waals surface area (Å²) in [5, 5.41) is 6.13. The summed E-state index contributed by atoms with van der Waals surface area (Å²) in [4.78, 5) is 16.0. The number of alkyl halides is 3. The molecule has 0 radical (unpaired) electrons. The van der Waals surface area contributed by atoms with Crippen molar-refractivity contribution in [1.82, 2.24) is 15.6 Å². The molecule has 1 aliphatic rings. The zero-order chi connectivity index (χ0) is 18.0. The fourth-order valence-electron chi connectivity index (χ4n) is 2.46. The quantitative estimate of drug-likeness (QED) is 0.860. The van der Waals surface area contributed by atoms with Gasteiger partial charge in [0.05, 0.1) is 5.41 Å². The van der Waals surface area contributed by atoms with Gasteiger partial charge in [-0.1, -0.05) is 0 Å². The first-order valence-corrected chi connectivity index (χ1v) is 7.79. The summed E-state index contributed by atoms with van der Waals surface area (Å²) in [6.45, 7) is 5.77. The summed E-state index contributed by atoms with van der Waals surface area (Å²) < 4.78 is 44.0. The molecule has 0 spiro atoms. The third kappa shape index (κ3) is 4.59. The Labute approximate surface area is 139 Å². The second kappa shape index (κ2) is 6.96. The van der Waals surface area contributed by atoms with E-state index in [1.54, 1.807) is 13.8 Å². The number of hydrogen-bond donors (Lipinski definition) is 2. The maximum atomic E-state index is 12.9. The topological polar surface area (TPSA) is 63.2 Å². The van der Waals surface area contributed by atoms with Crippen molar-refractivity contribution in [2.75, 3.05) is 13.2 Å². The molecule has 2 unspecified atom stereocenters. The van der Waals surface area contributed by atoms with Gasteiger partial charge < -0.3 is 15.4 Å². The van der Waals surface area contributed by atoms with E-state index in [0.717, 1.165) is 12.5 Å². The van der Waals surface area contributed by atoms with E-state index in [4.69, 9.17) is 4.74 Å². The van der Waals surface area contributed by atoms with Crippen LogP contribution < -0.4 is 15.4 Å². The predicted octanol–water partition coefficient (Wildman–Crippen LogP) is 2.37. The van der Waals surface area contributed by atoms with Crippen LogP contribution in [0, 0.1) is 5.41 Å². The third-order valence-electron chi connectivity index (χ3n) is 3.95. The monoisotopic (exact) mass is 345 g/mol. The number of halogens is 3. The zero-order valence-corrected chi connectivity index (χ0v) is 13.9. The lowest BCUT2D eigenvalue weighted by Gasteiger charge is -2.26. The Hall–Kier alpha value is -1.83. The van der Waals surface area contributed by atoms with E-state index in [1.165, 1.54) is 12.3 Å². The first-order valence-electron chi connectivity index (χ1n) is 7.79. The second-order valence-electron chi connectivity index (χ2n) is 6.74. The van der Waals surface area contributed by atoms with Gasteiger partial charge in [-0.15, -0.1) is 0 Å². The minimum absolute atomic E-state index is 0.0207. The predicted molar refractivity (Wildman–Crippen MR) is 82.5 cm³/mol. The Balaban J connectivity index is 1.98. The Bertz CT molecular complexity index is 590. The number of carbonyl (C=O) groups is 1. The summed E-state index contributed by atoms with van der Waals surface area (Å²) in [5.41, 5.74) is -1.93. The summed E-state index contributed by atoms with van der Waals surface area (Å²) >= 11 is 0. The van der Waals surface area contributed by atoms with Crippen molar-refractivity contribution in [3.05, 3.63) is 23.9 Å². The van der Waals surface area contributed by atoms with Crippen LogP contribution in [0.2, 0.25) is 0 Å². The van der Waals surface area contributed by atoms with Crippen molar-refractivity contribution in [3.63, 3.8) is 0 Å². The van der Waals surface area contributed by atoms with E-state index in [9.17, 15) is 18.0 Å². The van der Waals surface area contributed by atoms with Crippen LogP contribution in [0.5, 0.6) is 5.88 Å². The molecule has 0 aromatic carbocycles. The molecule has 1 aromatic rings. The highest BCUT2D eigenvalue weighted by molar-refractivity contribution is 5.82. The summed E-state index contributed by atoms with van der Waals surface area (Å²) in [5.74, 6) is -0.769. The van der Waals surface area contributed by atoms with Gasteiger partial charge in [-0.3, -0.25) is 4.79 Å². The number of rotatable bonds is 5. The van der Waals surface area contributed by atoms with Gasteiger partial charge in [0.25, 0.3) is 0 Å².